The van der Waals surface area contributed by atoms with E-state index >= 15 is 0 Å². The molecule has 1 heterocycles. The molecule has 1 aliphatic rings. The molecule has 0 aliphatic carbocycles. The summed E-state index contributed by atoms with van der Waals surface area (Å²) in [5.74, 6) is -0.698. The number of hydrogen-bond donors (Lipinski definition) is 1. The van der Waals surface area contributed by atoms with Crippen LogP contribution in [0.1, 0.15) is 23.2 Å². The van der Waals surface area contributed by atoms with Crippen molar-refractivity contribution in [1.29, 1.82) is 0 Å². The maximum Gasteiger partial charge on any atom is 0.253 e. The monoisotopic (exact) mass is 252 g/mol. The summed E-state index contributed by atoms with van der Waals surface area (Å²) in [5, 5.41) is 0. The summed E-state index contributed by atoms with van der Waals surface area (Å²) in [6.45, 7) is 1.28. The lowest BCUT2D eigenvalue weighted by atomic mass is 10.1. The van der Waals surface area contributed by atoms with Crippen molar-refractivity contribution in [2.24, 2.45) is 0 Å². The Morgan fingerprint density at radius 2 is 2.11 bits per heavy atom. The number of amides is 1. The van der Waals surface area contributed by atoms with E-state index in [9.17, 15) is 9.18 Å². The summed E-state index contributed by atoms with van der Waals surface area (Å²) < 4.78 is 18.6. The van der Waals surface area contributed by atoms with E-state index in [0.29, 0.717) is 18.7 Å². The molecule has 0 atom stereocenters. The Labute approximate surface area is 106 Å². The fraction of sp³-hybridized carbons (Fsp3) is 0.462. The first-order chi connectivity index (χ1) is 8.61. The van der Waals surface area contributed by atoms with Crippen LogP contribution in [0.25, 0.3) is 0 Å². The van der Waals surface area contributed by atoms with E-state index in [-0.39, 0.29) is 17.7 Å². The number of anilines is 1. The van der Waals surface area contributed by atoms with Gasteiger partial charge in [-0.3, -0.25) is 4.79 Å². The van der Waals surface area contributed by atoms with Gasteiger partial charge in [-0.15, -0.1) is 0 Å². The van der Waals surface area contributed by atoms with E-state index < -0.39 is 5.82 Å². The molecule has 1 aliphatic heterocycles. The van der Waals surface area contributed by atoms with Gasteiger partial charge < -0.3 is 15.4 Å². The first-order valence-corrected chi connectivity index (χ1v) is 5.99. The number of methoxy groups -OCH3 is 1. The first kappa shape index (κ1) is 12.8. The van der Waals surface area contributed by atoms with E-state index in [0.717, 1.165) is 12.8 Å². The van der Waals surface area contributed by atoms with Gasteiger partial charge in [0.05, 0.1) is 11.8 Å². The van der Waals surface area contributed by atoms with Crippen molar-refractivity contribution in [2.75, 3.05) is 25.9 Å². The van der Waals surface area contributed by atoms with Gasteiger partial charge >= 0.3 is 0 Å². The molecule has 1 amide bonds. The minimum Gasteiger partial charge on any atom is -0.396 e. The quantitative estimate of drug-likeness (QED) is 0.814. The molecule has 2 rings (SSSR count). The fourth-order valence-corrected chi connectivity index (χ4v) is 2.14. The summed E-state index contributed by atoms with van der Waals surface area (Å²) in [7, 11) is 1.68. The van der Waals surface area contributed by atoms with Gasteiger partial charge in [0, 0.05) is 25.8 Å². The van der Waals surface area contributed by atoms with E-state index in [1.165, 1.54) is 12.1 Å². The summed E-state index contributed by atoms with van der Waals surface area (Å²) >= 11 is 0. The third-order valence-corrected chi connectivity index (χ3v) is 3.31. The van der Waals surface area contributed by atoms with E-state index in [1.54, 1.807) is 18.1 Å². The topological polar surface area (TPSA) is 55.6 Å². The molecule has 0 bridgehead atoms. The smallest absolute Gasteiger partial charge is 0.253 e. The number of nitrogens with two attached hydrogens (primary N) is 1. The third-order valence-electron chi connectivity index (χ3n) is 3.31. The predicted molar refractivity (Wildman–Crippen MR) is 66.7 cm³/mol. The van der Waals surface area contributed by atoms with Gasteiger partial charge in [-0.2, -0.15) is 0 Å². The minimum absolute atomic E-state index is 0.0599. The van der Waals surface area contributed by atoms with Gasteiger partial charge in [-0.05, 0) is 31.0 Å². The highest BCUT2D eigenvalue weighted by Gasteiger charge is 2.23. The van der Waals surface area contributed by atoms with Crippen LogP contribution in [0.4, 0.5) is 10.1 Å². The van der Waals surface area contributed by atoms with Crippen molar-refractivity contribution in [1.82, 2.24) is 4.90 Å². The molecule has 0 radical (unpaired) electrons. The highest BCUT2D eigenvalue weighted by atomic mass is 19.1. The third kappa shape index (κ3) is 2.61. The number of likely N-dealkylation sites (tertiary alicyclic amines) is 1. The zero-order chi connectivity index (χ0) is 13.1. The number of nitrogens with zero attached hydrogens (tertiary/aromatic N) is 1. The van der Waals surface area contributed by atoms with Crippen LogP contribution in [0.5, 0.6) is 0 Å². The second-order valence-corrected chi connectivity index (χ2v) is 4.46. The maximum atomic E-state index is 13.3. The Morgan fingerprint density at radius 3 is 2.67 bits per heavy atom. The van der Waals surface area contributed by atoms with Crippen molar-refractivity contribution < 1.29 is 13.9 Å². The van der Waals surface area contributed by atoms with Crippen molar-refractivity contribution in [3.05, 3.63) is 29.6 Å². The number of halogens is 1. The van der Waals surface area contributed by atoms with Crippen LogP contribution in [0.2, 0.25) is 0 Å². The summed E-state index contributed by atoms with van der Waals surface area (Å²) in [5.41, 5.74) is 5.79. The van der Waals surface area contributed by atoms with Gasteiger partial charge in [-0.1, -0.05) is 0 Å². The number of ether oxygens (including phenoxy) is 1. The molecule has 98 valence electrons. The Bertz CT molecular complexity index is 443. The number of carbonyl (C=O) groups is 1. The van der Waals surface area contributed by atoms with Crippen LogP contribution >= 0.6 is 0 Å². The Kier molecular flexibility index (Phi) is 3.81. The number of carbonyl (C=O) groups excluding carboxylic acids is 1. The summed E-state index contributed by atoms with van der Waals surface area (Å²) in [6.07, 6.45) is 1.86. The molecule has 2 N–H and O–H groups in total. The van der Waals surface area contributed by atoms with Crippen molar-refractivity contribution in [3.63, 3.8) is 0 Å². The zero-order valence-electron chi connectivity index (χ0n) is 10.4. The molecule has 0 aromatic heterocycles. The fourth-order valence-electron chi connectivity index (χ4n) is 2.14. The second kappa shape index (κ2) is 5.35. The molecule has 0 saturated carbocycles. The molecular weight excluding hydrogens is 235 g/mol. The van der Waals surface area contributed by atoms with E-state index in [2.05, 4.69) is 0 Å². The molecule has 1 fully saturated rings. The molecule has 1 aromatic carbocycles. The lowest BCUT2D eigenvalue weighted by molar-refractivity contribution is 0.0350. The Balaban J connectivity index is 2.05. The molecule has 18 heavy (non-hydrogen) atoms. The van der Waals surface area contributed by atoms with Crippen molar-refractivity contribution in [3.8, 4) is 0 Å². The number of piperidine rings is 1. The highest BCUT2D eigenvalue weighted by Crippen LogP contribution is 2.18. The van der Waals surface area contributed by atoms with Gasteiger partial charge in [-0.25, -0.2) is 4.39 Å². The van der Waals surface area contributed by atoms with Gasteiger partial charge in [0.25, 0.3) is 5.91 Å². The number of benzene rings is 1. The number of hydrogen-bond acceptors (Lipinski definition) is 3. The highest BCUT2D eigenvalue weighted by molar-refractivity contribution is 5.94. The normalized spacial score (nSPS) is 16.9. The molecule has 5 heteroatoms. The van der Waals surface area contributed by atoms with Crippen LogP contribution in [-0.4, -0.2) is 37.1 Å². The largest absolute Gasteiger partial charge is 0.396 e. The van der Waals surface area contributed by atoms with Gasteiger partial charge in [0.15, 0.2) is 0 Å². The second-order valence-electron chi connectivity index (χ2n) is 4.46. The number of rotatable bonds is 2. The molecule has 1 aromatic rings. The van der Waals surface area contributed by atoms with E-state index in [4.69, 9.17) is 10.5 Å². The van der Waals surface area contributed by atoms with Gasteiger partial charge in [0.1, 0.15) is 5.82 Å². The van der Waals surface area contributed by atoms with Crippen LogP contribution in [-0.2, 0) is 4.74 Å². The Morgan fingerprint density at radius 1 is 1.44 bits per heavy atom. The molecule has 0 unspecified atom stereocenters. The lowest BCUT2D eigenvalue weighted by Crippen LogP contribution is -2.40. The number of nitrogen functional groups attached to an aromatic ring is 1. The average Bonchev–Trinajstić information content (AvgIpc) is 2.41. The summed E-state index contributed by atoms with van der Waals surface area (Å²) in [4.78, 5) is 13.9. The maximum absolute atomic E-state index is 13.3. The Hall–Kier alpha value is -1.62. The average molecular weight is 252 g/mol. The zero-order valence-corrected chi connectivity index (χ0v) is 10.4. The molecular formula is C13H17FN2O2. The van der Waals surface area contributed by atoms with Crippen LogP contribution in [0, 0.1) is 5.82 Å². The molecule has 0 spiro atoms. The lowest BCUT2D eigenvalue weighted by Gasteiger charge is -2.31. The van der Waals surface area contributed by atoms with Gasteiger partial charge in [0.2, 0.25) is 0 Å². The standard InChI is InChI=1S/C13H17FN2O2/c1-18-10-4-6-16(7-5-10)13(17)9-2-3-12(15)11(14)8-9/h2-3,8,10H,4-7,15H2,1H3. The minimum atomic E-state index is -0.548. The van der Waals surface area contributed by atoms with Crippen LogP contribution in [0.15, 0.2) is 18.2 Å². The van der Waals surface area contributed by atoms with Crippen molar-refractivity contribution in [2.45, 2.75) is 18.9 Å². The predicted octanol–water partition coefficient (Wildman–Crippen LogP) is 1.66. The van der Waals surface area contributed by atoms with Crippen LogP contribution < -0.4 is 5.73 Å². The first-order valence-electron chi connectivity index (χ1n) is 5.99. The van der Waals surface area contributed by atoms with E-state index in [1.807, 2.05) is 0 Å². The van der Waals surface area contributed by atoms with Crippen molar-refractivity contribution >= 4 is 11.6 Å². The molecule has 4 nitrogen and oxygen atoms in total. The SMILES string of the molecule is COC1CCN(C(=O)c2ccc(N)c(F)c2)CC1. The molecule has 1 saturated heterocycles. The summed E-state index contributed by atoms with van der Waals surface area (Å²) in [6, 6.07) is 4.17. The van der Waals surface area contributed by atoms with Crippen LogP contribution in [0.3, 0.4) is 0 Å².